The van der Waals surface area contributed by atoms with E-state index in [0.29, 0.717) is 17.2 Å². The Balaban J connectivity index is 1.55. The van der Waals surface area contributed by atoms with Crippen molar-refractivity contribution in [2.75, 3.05) is 17.2 Å². The zero-order valence-electron chi connectivity index (χ0n) is 14.5. The third-order valence-corrected chi connectivity index (χ3v) is 5.08. The highest BCUT2D eigenvalue weighted by molar-refractivity contribution is 7.13. The Labute approximate surface area is 160 Å². The maximum absolute atomic E-state index is 13.1. The molecule has 4 rings (SSSR count). The van der Waals surface area contributed by atoms with Gasteiger partial charge in [0.05, 0.1) is 5.56 Å². The molecule has 27 heavy (non-hydrogen) atoms. The minimum Gasteiger partial charge on any atom is -0.361 e. The van der Waals surface area contributed by atoms with Gasteiger partial charge < -0.3 is 15.5 Å². The van der Waals surface area contributed by atoms with E-state index in [0.717, 1.165) is 11.3 Å². The predicted octanol–water partition coefficient (Wildman–Crippen LogP) is 3.74. The van der Waals surface area contributed by atoms with Gasteiger partial charge in [-0.05, 0) is 17.7 Å². The number of carbonyl (C=O) groups excluding carboxylic acids is 2. The second-order valence-electron chi connectivity index (χ2n) is 6.14. The molecule has 0 fully saturated rings. The molecule has 0 aliphatic carbocycles. The molecule has 0 spiro atoms. The Morgan fingerprint density at radius 3 is 2.70 bits per heavy atom. The lowest BCUT2D eigenvalue weighted by atomic mass is 10.0. The molecule has 0 bridgehead atoms. The van der Waals surface area contributed by atoms with Gasteiger partial charge in [0.2, 0.25) is 5.91 Å². The summed E-state index contributed by atoms with van der Waals surface area (Å²) in [5.74, 6) is -0.247. The van der Waals surface area contributed by atoms with Crippen molar-refractivity contribution in [1.29, 1.82) is 0 Å². The van der Waals surface area contributed by atoms with Crippen LogP contribution in [0.3, 0.4) is 0 Å². The molecule has 1 aliphatic heterocycles. The summed E-state index contributed by atoms with van der Waals surface area (Å²) in [6.45, 7) is 0.303. The zero-order chi connectivity index (χ0) is 18.6. The third-order valence-electron chi connectivity index (χ3n) is 4.40. The van der Waals surface area contributed by atoms with Crippen molar-refractivity contribution >= 4 is 34.0 Å². The molecule has 0 saturated heterocycles. The van der Waals surface area contributed by atoms with Crippen LogP contribution in [0.5, 0.6) is 0 Å². The van der Waals surface area contributed by atoms with Crippen LogP contribution in [0.2, 0.25) is 0 Å². The summed E-state index contributed by atoms with van der Waals surface area (Å²) in [4.78, 5) is 31.1. The topological polar surface area (TPSA) is 74.3 Å². The number of rotatable bonds is 5. The lowest BCUT2D eigenvalue weighted by Crippen LogP contribution is -2.44. The molecule has 1 unspecified atom stereocenters. The second kappa shape index (κ2) is 7.59. The Morgan fingerprint density at radius 2 is 1.93 bits per heavy atom. The first-order chi connectivity index (χ1) is 13.2. The van der Waals surface area contributed by atoms with Gasteiger partial charge in [-0.2, -0.15) is 0 Å². The fraction of sp³-hybridized carbons (Fsp3) is 0.150. The molecule has 2 amide bonds. The standard InChI is InChI=1S/C20H18N4O2S/c25-17(23-20-21-11-13-27-20)10-12-24-18(14-6-2-1-3-7-14)22-16-9-5-4-8-15(16)19(24)26/h1-9,11,13,18,22H,10,12H2,(H,21,23,25). The van der Waals surface area contributed by atoms with Crippen LogP contribution in [0.4, 0.5) is 10.8 Å². The van der Waals surface area contributed by atoms with Crippen LogP contribution in [0.15, 0.2) is 66.2 Å². The molecule has 0 saturated carbocycles. The molecule has 2 N–H and O–H groups in total. The fourth-order valence-electron chi connectivity index (χ4n) is 3.11. The minimum atomic E-state index is -0.318. The first-order valence-electron chi connectivity index (χ1n) is 8.63. The number of amides is 2. The average molecular weight is 378 g/mol. The summed E-state index contributed by atoms with van der Waals surface area (Å²) in [6, 6.07) is 17.2. The van der Waals surface area contributed by atoms with Crippen LogP contribution in [0, 0.1) is 0 Å². The van der Waals surface area contributed by atoms with E-state index in [9.17, 15) is 9.59 Å². The number of aromatic nitrogens is 1. The number of carbonyl (C=O) groups is 2. The van der Waals surface area contributed by atoms with E-state index in [4.69, 9.17) is 0 Å². The van der Waals surface area contributed by atoms with E-state index in [1.54, 1.807) is 22.5 Å². The minimum absolute atomic E-state index is 0.0831. The summed E-state index contributed by atoms with van der Waals surface area (Å²) in [5, 5.41) is 8.55. The predicted molar refractivity (Wildman–Crippen MR) is 106 cm³/mol. The molecule has 2 heterocycles. The number of para-hydroxylation sites is 1. The van der Waals surface area contributed by atoms with Gasteiger partial charge in [0.25, 0.3) is 5.91 Å². The average Bonchev–Trinajstić information content (AvgIpc) is 3.21. The molecule has 136 valence electrons. The van der Waals surface area contributed by atoms with Crippen molar-refractivity contribution in [1.82, 2.24) is 9.88 Å². The van der Waals surface area contributed by atoms with Crippen LogP contribution in [-0.4, -0.2) is 28.2 Å². The van der Waals surface area contributed by atoms with Crippen molar-refractivity contribution in [2.24, 2.45) is 0 Å². The van der Waals surface area contributed by atoms with E-state index in [-0.39, 0.29) is 24.4 Å². The van der Waals surface area contributed by atoms with Crippen molar-refractivity contribution in [3.8, 4) is 0 Å². The normalized spacial score (nSPS) is 15.8. The van der Waals surface area contributed by atoms with Crippen LogP contribution >= 0.6 is 11.3 Å². The lowest BCUT2D eigenvalue weighted by molar-refractivity contribution is -0.116. The molecule has 2 aromatic carbocycles. The van der Waals surface area contributed by atoms with Gasteiger partial charge in [0, 0.05) is 30.2 Å². The molecule has 3 aromatic rings. The monoisotopic (exact) mass is 378 g/mol. The fourth-order valence-corrected chi connectivity index (χ4v) is 3.66. The van der Waals surface area contributed by atoms with E-state index < -0.39 is 0 Å². The van der Waals surface area contributed by atoms with Crippen molar-refractivity contribution in [2.45, 2.75) is 12.6 Å². The largest absolute Gasteiger partial charge is 0.361 e. The van der Waals surface area contributed by atoms with Gasteiger partial charge >= 0.3 is 0 Å². The molecule has 6 nitrogen and oxygen atoms in total. The molecule has 7 heteroatoms. The Hall–Kier alpha value is -3.19. The maximum atomic E-state index is 13.1. The first-order valence-corrected chi connectivity index (χ1v) is 9.51. The number of thiazole rings is 1. The number of fused-ring (bicyclic) bond motifs is 1. The molecule has 1 aromatic heterocycles. The van der Waals surface area contributed by atoms with Crippen molar-refractivity contribution in [3.05, 3.63) is 77.3 Å². The molecule has 1 aliphatic rings. The number of hydrogen-bond acceptors (Lipinski definition) is 5. The summed E-state index contributed by atoms with van der Waals surface area (Å²) in [6.07, 6.45) is 1.51. The highest BCUT2D eigenvalue weighted by atomic mass is 32.1. The van der Waals surface area contributed by atoms with Crippen LogP contribution in [0.25, 0.3) is 0 Å². The molecular formula is C20H18N4O2S. The van der Waals surface area contributed by atoms with Gasteiger partial charge in [0.15, 0.2) is 5.13 Å². The number of nitrogens with one attached hydrogen (secondary N) is 2. The quantitative estimate of drug-likeness (QED) is 0.709. The SMILES string of the molecule is O=C(CCN1C(=O)c2ccccc2NC1c1ccccc1)Nc1nccs1. The number of nitrogens with zero attached hydrogens (tertiary/aromatic N) is 2. The van der Waals surface area contributed by atoms with Gasteiger partial charge in [-0.15, -0.1) is 11.3 Å². The number of benzene rings is 2. The van der Waals surface area contributed by atoms with Gasteiger partial charge in [-0.3, -0.25) is 9.59 Å². The second-order valence-corrected chi connectivity index (χ2v) is 7.03. The Kier molecular flexibility index (Phi) is 4.84. The smallest absolute Gasteiger partial charge is 0.257 e. The number of hydrogen-bond donors (Lipinski definition) is 2. The highest BCUT2D eigenvalue weighted by Crippen LogP contribution is 2.33. The van der Waals surface area contributed by atoms with Gasteiger partial charge in [-0.1, -0.05) is 42.5 Å². The van der Waals surface area contributed by atoms with Crippen LogP contribution in [-0.2, 0) is 4.79 Å². The van der Waals surface area contributed by atoms with Gasteiger partial charge in [0.1, 0.15) is 6.17 Å². The maximum Gasteiger partial charge on any atom is 0.257 e. The van der Waals surface area contributed by atoms with Gasteiger partial charge in [-0.25, -0.2) is 4.98 Å². The van der Waals surface area contributed by atoms with Crippen LogP contribution in [0.1, 0.15) is 28.5 Å². The summed E-state index contributed by atoms with van der Waals surface area (Å²) in [5.41, 5.74) is 2.39. The number of anilines is 2. The lowest BCUT2D eigenvalue weighted by Gasteiger charge is -2.38. The van der Waals surface area contributed by atoms with E-state index in [1.165, 1.54) is 11.3 Å². The van der Waals surface area contributed by atoms with E-state index in [2.05, 4.69) is 15.6 Å². The van der Waals surface area contributed by atoms with E-state index >= 15 is 0 Å². The molecule has 1 atom stereocenters. The Bertz CT molecular complexity index is 944. The first kappa shape index (κ1) is 17.2. The summed E-state index contributed by atoms with van der Waals surface area (Å²) < 4.78 is 0. The Morgan fingerprint density at radius 1 is 1.15 bits per heavy atom. The molecule has 0 radical (unpaired) electrons. The summed E-state index contributed by atoms with van der Waals surface area (Å²) >= 11 is 1.37. The zero-order valence-corrected chi connectivity index (χ0v) is 15.3. The van der Waals surface area contributed by atoms with E-state index in [1.807, 2.05) is 48.5 Å². The summed E-state index contributed by atoms with van der Waals surface area (Å²) in [7, 11) is 0. The van der Waals surface area contributed by atoms with Crippen molar-refractivity contribution in [3.63, 3.8) is 0 Å². The third kappa shape index (κ3) is 3.68. The molecular weight excluding hydrogens is 360 g/mol. The highest BCUT2D eigenvalue weighted by Gasteiger charge is 2.32. The van der Waals surface area contributed by atoms with Crippen molar-refractivity contribution < 1.29 is 9.59 Å². The van der Waals surface area contributed by atoms with Crippen LogP contribution < -0.4 is 10.6 Å².